The lowest BCUT2D eigenvalue weighted by atomic mass is 10.00. The van der Waals surface area contributed by atoms with Crippen LogP contribution in [0.25, 0.3) is 0 Å². The first-order chi connectivity index (χ1) is 5.74. The Morgan fingerprint density at radius 2 is 2.33 bits per heavy atom. The minimum atomic E-state index is -0.693. The lowest BCUT2D eigenvalue weighted by molar-refractivity contribution is -0.185. The van der Waals surface area contributed by atoms with Gasteiger partial charge in [0.1, 0.15) is 18.3 Å². The summed E-state index contributed by atoms with van der Waals surface area (Å²) < 4.78 is 15.6. The maximum atomic E-state index is 9.61. The number of aliphatic hydroxyl groups is 1. The number of nitrogens with two attached hydrogens (primary N) is 1. The van der Waals surface area contributed by atoms with Crippen molar-refractivity contribution in [1.82, 2.24) is 0 Å². The van der Waals surface area contributed by atoms with E-state index in [2.05, 4.69) is 0 Å². The number of hydrogen-bond acceptors (Lipinski definition) is 5. The van der Waals surface area contributed by atoms with E-state index in [1.165, 1.54) is 7.11 Å². The minimum Gasteiger partial charge on any atom is -0.388 e. The molecule has 2 rings (SSSR count). The summed E-state index contributed by atoms with van der Waals surface area (Å²) in [6.45, 7) is 0.452. The molecular formula is C7H13NO4. The smallest absolute Gasteiger partial charge is 0.175 e. The maximum absolute atomic E-state index is 9.61. The Kier molecular flexibility index (Phi) is 2.05. The third-order valence-electron chi connectivity index (χ3n) is 2.42. The second-order valence-corrected chi connectivity index (χ2v) is 3.14. The summed E-state index contributed by atoms with van der Waals surface area (Å²) in [6, 6.07) is -0.506. The largest absolute Gasteiger partial charge is 0.388 e. The molecule has 12 heavy (non-hydrogen) atoms. The molecule has 2 saturated heterocycles. The van der Waals surface area contributed by atoms with Crippen LogP contribution in [0.15, 0.2) is 0 Å². The van der Waals surface area contributed by atoms with E-state index in [0.717, 1.165) is 0 Å². The van der Waals surface area contributed by atoms with Crippen LogP contribution in [0.1, 0.15) is 0 Å². The summed E-state index contributed by atoms with van der Waals surface area (Å²) >= 11 is 0. The highest BCUT2D eigenvalue weighted by molar-refractivity contribution is 4.95. The Morgan fingerprint density at radius 3 is 3.00 bits per heavy atom. The molecule has 0 spiro atoms. The highest BCUT2D eigenvalue weighted by atomic mass is 16.7. The van der Waals surface area contributed by atoms with Crippen LogP contribution in [0.3, 0.4) is 0 Å². The predicted octanol–water partition coefficient (Wildman–Crippen LogP) is -1.56. The van der Waals surface area contributed by atoms with Crippen LogP contribution >= 0.6 is 0 Å². The number of fused-ring (bicyclic) bond motifs is 2. The first kappa shape index (κ1) is 8.40. The van der Waals surface area contributed by atoms with Gasteiger partial charge < -0.3 is 25.1 Å². The molecule has 0 aromatic heterocycles. The fourth-order valence-corrected chi connectivity index (χ4v) is 1.71. The fourth-order valence-electron chi connectivity index (χ4n) is 1.71. The molecule has 5 heteroatoms. The molecule has 5 atom stereocenters. The van der Waals surface area contributed by atoms with Crippen molar-refractivity contribution in [3.8, 4) is 0 Å². The lowest BCUT2D eigenvalue weighted by Crippen LogP contribution is -2.58. The van der Waals surface area contributed by atoms with E-state index in [9.17, 15) is 5.11 Å². The molecule has 0 unspecified atom stereocenters. The first-order valence-corrected chi connectivity index (χ1v) is 3.97. The molecule has 0 saturated carbocycles. The van der Waals surface area contributed by atoms with Crippen LogP contribution in [0.5, 0.6) is 0 Å². The topological polar surface area (TPSA) is 73.9 Å². The van der Waals surface area contributed by atoms with Gasteiger partial charge in [-0.2, -0.15) is 0 Å². The Morgan fingerprint density at radius 1 is 1.58 bits per heavy atom. The average molecular weight is 175 g/mol. The Hall–Kier alpha value is -0.200. The first-order valence-electron chi connectivity index (χ1n) is 3.97. The third-order valence-corrected chi connectivity index (χ3v) is 2.42. The molecule has 2 aliphatic heterocycles. The average Bonchev–Trinajstić information content (AvgIpc) is 2.49. The van der Waals surface area contributed by atoms with E-state index in [-0.39, 0.29) is 12.2 Å². The summed E-state index contributed by atoms with van der Waals surface area (Å²) in [5, 5.41) is 9.61. The number of hydrogen-bond donors (Lipinski definition) is 2. The van der Waals surface area contributed by atoms with Gasteiger partial charge in [0.2, 0.25) is 0 Å². The second kappa shape index (κ2) is 2.93. The van der Waals surface area contributed by atoms with Gasteiger partial charge in [0, 0.05) is 7.11 Å². The van der Waals surface area contributed by atoms with Crippen LogP contribution in [0.2, 0.25) is 0 Å². The van der Waals surface area contributed by atoms with Crippen molar-refractivity contribution in [2.75, 3.05) is 13.7 Å². The van der Waals surface area contributed by atoms with E-state index in [0.29, 0.717) is 6.61 Å². The molecule has 0 radical (unpaired) electrons. The van der Waals surface area contributed by atoms with E-state index >= 15 is 0 Å². The quantitative estimate of drug-likeness (QED) is 0.504. The predicted molar refractivity (Wildman–Crippen MR) is 39.4 cm³/mol. The molecule has 70 valence electrons. The number of ether oxygens (including phenoxy) is 3. The summed E-state index contributed by atoms with van der Waals surface area (Å²) in [7, 11) is 1.53. The van der Waals surface area contributed by atoms with Crippen molar-refractivity contribution in [2.24, 2.45) is 5.73 Å². The Balaban J connectivity index is 2.14. The molecule has 0 amide bonds. The molecule has 5 nitrogen and oxygen atoms in total. The summed E-state index contributed by atoms with van der Waals surface area (Å²) in [6.07, 6.45) is -1.69. The zero-order chi connectivity index (χ0) is 8.72. The number of aliphatic hydroxyl groups excluding tert-OH is 1. The summed E-state index contributed by atoms with van der Waals surface area (Å²) in [5.41, 5.74) is 5.65. The van der Waals surface area contributed by atoms with Crippen molar-refractivity contribution in [1.29, 1.82) is 0 Å². The van der Waals surface area contributed by atoms with Gasteiger partial charge in [-0.25, -0.2) is 0 Å². The van der Waals surface area contributed by atoms with Gasteiger partial charge in [0.25, 0.3) is 0 Å². The van der Waals surface area contributed by atoms with Crippen molar-refractivity contribution >= 4 is 0 Å². The van der Waals surface area contributed by atoms with Gasteiger partial charge in [-0.05, 0) is 0 Å². The van der Waals surface area contributed by atoms with E-state index in [1.807, 2.05) is 0 Å². The van der Waals surface area contributed by atoms with E-state index < -0.39 is 18.4 Å². The van der Waals surface area contributed by atoms with Gasteiger partial charge in [-0.15, -0.1) is 0 Å². The Labute approximate surface area is 70.4 Å². The van der Waals surface area contributed by atoms with Gasteiger partial charge in [0.15, 0.2) is 6.29 Å². The number of rotatable bonds is 1. The zero-order valence-corrected chi connectivity index (χ0v) is 6.84. The molecule has 2 bridgehead atoms. The van der Waals surface area contributed by atoms with E-state index in [1.54, 1.807) is 0 Å². The molecular weight excluding hydrogens is 162 g/mol. The molecule has 2 aliphatic rings. The summed E-state index contributed by atoms with van der Waals surface area (Å²) in [4.78, 5) is 0. The minimum absolute atomic E-state index is 0.171. The van der Waals surface area contributed by atoms with Crippen molar-refractivity contribution in [3.63, 3.8) is 0 Å². The zero-order valence-electron chi connectivity index (χ0n) is 6.84. The lowest BCUT2D eigenvalue weighted by Gasteiger charge is -2.35. The van der Waals surface area contributed by atoms with Crippen molar-refractivity contribution in [2.45, 2.75) is 30.6 Å². The fraction of sp³-hybridized carbons (Fsp3) is 1.00. The maximum Gasteiger partial charge on any atom is 0.175 e. The van der Waals surface area contributed by atoms with Gasteiger partial charge >= 0.3 is 0 Å². The Bertz CT molecular complexity index is 177. The van der Waals surface area contributed by atoms with Gasteiger partial charge in [-0.1, -0.05) is 0 Å². The normalized spacial score (nSPS) is 52.8. The highest BCUT2D eigenvalue weighted by Crippen LogP contribution is 2.28. The molecule has 3 N–H and O–H groups in total. The van der Waals surface area contributed by atoms with Crippen LogP contribution < -0.4 is 5.73 Å². The van der Waals surface area contributed by atoms with Crippen LogP contribution in [-0.4, -0.2) is 49.5 Å². The summed E-state index contributed by atoms with van der Waals surface area (Å²) in [5.74, 6) is 0. The monoisotopic (exact) mass is 175 g/mol. The van der Waals surface area contributed by atoms with Crippen LogP contribution in [0, 0.1) is 0 Å². The third kappa shape index (κ3) is 1.06. The van der Waals surface area contributed by atoms with Gasteiger partial charge in [-0.3, -0.25) is 0 Å². The number of methoxy groups -OCH3 is 1. The van der Waals surface area contributed by atoms with Crippen LogP contribution in [0.4, 0.5) is 0 Å². The standard InChI is InChI=1S/C7H13NO4/c1-10-6-3-2-11-7(12-3)4(8)5(6)9/h3-7,9H,2,8H2,1H3/t3-,4-,5-,6+,7-/m1/s1. The van der Waals surface area contributed by atoms with E-state index in [4.69, 9.17) is 19.9 Å². The SMILES string of the molecule is CO[C@@H]1[C@H](O)[C@@H](N)[C@@H]2OC[C@H]1O2. The van der Waals surface area contributed by atoms with Gasteiger partial charge in [0.05, 0.1) is 12.6 Å². The highest BCUT2D eigenvalue weighted by Gasteiger charge is 2.48. The molecule has 0 aliphatic carbocycles. The molecule has 2 heterocycles. The molecule has 2 fully saturated rings. The van der Waals surface area contributed by atoms with Crippen molar-refractivity contribution < 1.29 is 19.3 Å². The molecule has 0 aromatic carbocycles. The molecule has 0 aromatic rings. The van der Waals surface area contributed by atoms with Crippen LogP contribution in [-0.2, 0) is 14.2 Å². The van der Waals surface area contributed by atoms with Crippen molar-refractivity contribution in [3.05, 3.63) is 0 Å². The second-order valence-electron chi connectivity index (χ2n) is 3.14.